The van der Waals surface area contributed by atoms with Crippen molar-refractivity contribution in [3.63, 3.8) is 0 Å². The molecule has 3 N–H and O–H groups in total. The number of nitrogen functional groups attached to an aromatic ring is 1. The predicted octanol–water partition coefficient (Wildman–Crippen LogP) is 1.89. The quantitative estimate of drug-likeness (QED) is 0.711. The first-order valence-electron chi connectivity index (χ1n) is 8.46. The Morgan fingerprint density at radius 1 is 1.22 bits per heavy atom. The Bertz CT molecular complexity index is 996. The van der Waals surface area contributed by atoms with Gasteiger partial charge in [0.1, 0.15) is 11.6 Å². The second kappa shape index (κ2) is 7.26. The second-order valence-corrected chi connectivity index (χ2v) is 6.49. The number of halogens is 2. The lowest BCUT2D eigenvalue weighted by atomic mass is 10.0. The van der Waals surface area contributed by atoms with Gasteiger partial charge in [-0.25, -0.2) is 13.8 Å². The number of carbonyl (C=O) groups excluding carboxylic acids is 1. The van der Waals surface area contributed by atoms with Crippen molar-refractivity contribution >= 4 is 17.6 Å². The fourth-order valence-corrected chi connectivity index (χ4v) is 3.05. The normalized spacial score (nSPS) is 12.3. The van der Waals surface area contributed by atoms with Gasteiger partial charge >= 0.3 is 0 Å². The molecule has 0 saturated carbocycles. The zero-order valence-corrected chi connectivity index (χ0v) is 15.3. The highest BCUT2D eigenvalue weighted by Crippen LogP contribution is 2.16. The van der Waals surface area contributed by atoms with Gasteiger partial charge in [0.25, 0.3) is 5.78 Å². The summed E-state index contributed by atoms with van der Waals surface area (Å²) >= 11 is 0. The molecule has 1 amide bonds. The van der Waals surface area contributed by atoms with Gasteiger partial charge in [0, 0.05) is 28.6 Å². The molecule has 0 fully saturated rings. The summed E-state index contributed by atoms with van der Waals surface area (Å²) in [5.41, 5.74) is 7.62. The van der Waals surface area contributed by atoms with Crippen molar-refractivity contribution < 1.29 is 13.6 Å². The van der Waals surface area contributed by atoms with Crippen molar-refractivity contribution in [3.8, 4) is 0 Å². The number of nitrogens with two attached hydrogens (primary N) is 1. The molecule has 2 aromatic heterocycles. The Labute approximate surface area is 154 Å². The van der Waals surface area contributed by atoms with Crippen LogP contribution in [0.25, 0.3) is 5.78 Å². The molecule has 0 spiro atoms. The number of hydrogen-bond donors (Lipinski definition) is 2. The van der Waals surface area contributed by atoms with Crippen LogP contribution in [-0.4, -0.2) is 31.5 Å². The van der Waals surface area contributed by atoms with Crippen molar-refractivity contribution in [2.75, 3.05) is 5.73 Å². The maximum absolute atomic E-state index is 13.8. The molecule has 9 heteroatoms. The van der Waals surface area contributed by atoms with Gasteiger partial charge in [0.2, 0.25) is 11.9 Å². The van der Waals surface area contributed by atoms with E-state index in [1.165, 1.54) is 22.7 Å². The summed E-state index contributed by atoms with van der Waals surface area (Å²) in [6.45, 7) is 5.28. The van der Waals surface area contributed by atoms with Gasteiger partial charge in [0.15, 0.2) is 0 Å². The Balaban J connectivity index is 1.73. The first-order valence-corrected chi connectivity index (χ1v) is 8.46. The van der Waals surface area contributed by atoms with Crippen molar-refractivity contribution in [1.82, 2.24) is 24.9 Å². The molecule has 0 saturated heterocycles. The maximum atomic E-state index is 13.8. The molecular formula is C18H20F2N6O. The van der Waals surface area contributed by atoms with Gasteiger partial charge in [-0.1, -0.05) is 6.07 Å². The topological polar surface area (TPSA) is 98.2 Å². The van der Waals surface area contributed by atoms with Gasteiger partial charge in [-0.15, -0.1) is 5.10 Å². The minimum atomic E-state index is -0.624. The van der Waals surface area contributed by atoms with Crippen molar-refractivity contribution in [2.24, 2.45) is 0 Å². The third-order valence-corrected chi connectivity index (χ3v) is 4.38. The van der Waals surface area contributed by atoms with Crippen LogP contribution in [0.5, 0.6) is 0 Å². The van der Waals surface area contributed by atoms with Gasteiger partial charge in [-0.3, -0.25) is 4.79 Å². The third-order valence-electron chi connectivity index (χ3n) is 4.38. The second-order valence-electron chi connectivity index (χ2n) is 6.49. The Morgan fingerprint density at radius 2 is 1.89 bits per heavy atom. The molecule has 3 aromatic rings. The van der Waals surface area contributed by atoms with Gasteiger partial charge in [-0.05, 0) is 39.3 Å². The first-order chi connectivity index (χ1) is 12.8. The van der Waals surface area contributed by atoms with Crippen LogP contribution in [0.1, 0.15) is 29.4 Å². The Kier molecular flexibility index (Phi) is 5.02. The van der Waals surface area contributed by atoms with Crippen LogP contribution in [0.15, 0.2) is 18.2 Å². The van der Waals surface area contributed by atoms with Gasteiger partial charge in [0.05, 0.1) is 6.42 Å². The summed E-state index contributed by atoms with van der Waals surface area (Å²) in [6, 6.07) is 3.26. The van der Waals surface area contributed by atoms with Crippen LogP contribution >= 0.6 is 0 Å². The molecule has 7 nitrogen and oxygen atoms in total. The van der Waals surface area contributed by atoms with Crippen LogP contribution in [0.2, 0.25) is 0 Å². The lowest BCUT2D eigenvalue weighted by molar-refractivity contribution is -0.121. The SMILES string of the molecule is Cc1nc2nc(N)nn2c(C)c1CC(=O)NC(C)Cc1c(F)cccc1F. The van der Waals surface area contributed by atoms with Crippen LogP contribution in [0.3, 0.4) is 0 Å². The summed E-state index contributed by atoms with van der Waals surface area (Å²) in [5, 5.41) is 6.83. The largest absolute Gasteiger partial charge is 0.366 e. The summed E-state index contributed by atoms with van der Waals surface area (Å²) < 4.78 is 29.0. The van der Waals surface area contributed by atoms with Crippen molar-refractivity contribution in [3.05, 3.63) is 52.3 Å². The fraction of sp³-hybridized carbons (Fsp3) is 0.333. The van der Waals surface area contributed by atoms with Crippen LogP contribution < -0.4 is 11.1 Å². The Morgan fingerprint density at radius 3 is 2.56 bits per heavy atom. The van der Waals surface area contributed by atoms with Crippen molar-refractivity contribution in [1.29, 1.82) is 0 Å². The fourth-order valence-electron chi connectivity index (χ4n) is 3.05. The zero-order chi connectivity index (χ0) is 19.7. The molecule has 1 atom stereocenters. The van der Waals surface area contributed by atoms with E-state index in [0.29, 0.717) is 22.7 Å². The number of fused-ring (bicyclic) bond motifs is 1. The van der Waals surface area contributed by atoms with E-state index in [-0.39, 0.29) is 30.3 Å². The average Bonchev–Trinajstić information content (AvgIpc) is 2.95. The number of hydrogen-bond acceptors (Lipinski definition) is 5. The molecule has 0 aliphatic carbocycles. The first kappa shape index (κ1) is 18.7. The van der Waals surface area contributed by atoms with E-state index in [2.05, 4.69) is 20.4 Å². The highest BCUT2D eigenvalue weighted by Gasteiger charge is 2.18. The van der Waals surface area contributed by atoms with Gasteiger partial charge < -0.3 is 11.1 Å². The molecule has 2 heterocycles. The molecule has 0 bridgehead atoms. The minimum Gasteiger partial charge on any atom is -0.366 e. The van der Waals surface area contributed by atoms with Crippen molar-refractivity contribution in [2.45, 2.75) is 39.7 Å². The van der Waals surface area contributed by atoms with Crippen LogP contribution in [-0.2, 0) is 17.6 Å². The van der Waals surface area contributed by atoms with E-state index in [9.17, 15) is 13.6 Å². The molecular weight excluding hydrogens is 354 g/mol. The Hall–Kier alpha value is -3.10. The summed E-state index contributed by atoms with van der Waals surface area (Å²) in [5.74, 6) is -1.05. The third kappa shape index (κ3) is 3.86. The minimum absolute atomic E-state index is 0.0427. The lowest BCUT2D eigenvalue weighted by Crippen LogP contribution is -2.36. The highest BCUT2D eigenvalue weighted by molar-refractivity contribution is 5.79. The summed E-state index contributed by atoms with van der Waals surface area (Å²) in [4.78, 5) is 20.8. The standard InChI is InChI=1S/C18H20F2N6O/c1-9(7-13-14(19)5-4-6-15(13)20)22-16(27)8-12-10(2)23-18-24-17(21)25-26(18)11(12)3/h4-6,9H,7-8H2,1-3H3,(H2,21,25)(H,22,27). The number of nitrogens with zero attached hydrogens (tertiary/aromatic N) is 4. The molecule has 27 heavy (non-hydrogen) atoms. The van der Waals surface area contributed by atoms with Crippen LogP contribution in [0.4, 0.5) is 14.7 Å². The summed E-state index contributed by atoms with van der Waals surface area (Å²) in [6.07, 6.45) is 0.115. The number of anilines is 1. The van der Waals surface area contributed by atoms with E-state index >= 15 is 0 Å². The maximum Gasteiger partial charge on any atom is 0.254 e. The van der Waals surface area contributed by atoms with E-state index in [0.717, 1.165) is 0 Å². The van der Waals surface area contributed by atoms with E-state index in [1.54, 1.807) is 20.8 Å². The summed E-state index contributed by atoms with van der Waals surface area (Å²) in [7, 11) is 0. The van der Waals surface area contributed by atoms with Gasteiger partial charge in [-0.2, -0.15) is 9.50 Å². The number of carbonyl (C=O) groups is 1. The molecule has 0 radical (unpaired) electrons. The molecule has 1 aromatic carbocycles. The van der Waals surface area contributed by atoms with E-state index in [4.69, 9.17) is 5.73 Å². The number of benzene rings is 1. The monoisotopic (exact) mass is 374 g/mol. The smallest absolute Gasteiger partial charge is 0.254 e. The van der Waals surface area contributed by atoms with E-state index < -0.39 is 17.7 Å². The highest BCUT2D eigenvalue weighted by atomic mass is 19.1. The number of nitrogens with one attached hydrogen (secondary N) is 1. The molecule has 0 aliphatic heterocycles. The zero-order valence-electron chi connectivity index (χ0n) is 15.3. The number of aromatic nitrogens is 4. The number of aryl methyl sites for hydroxylation is 2. The molecule has 142 valence electrons. The number of amides is 1. The lowest BCUT2D eigenvalue weighted by Gasteiger charge is -2.16. The number of rotatable bonds is 5. The predicted molar refractivity (Wildman–Crippen MR) is 96.0 cm³/mol. The molecule has 3 rings (SSSR count). The molecule has 1 unspecified atom stereocenters. The average molecular weight is 374 g/mol. The van der Waals surface area contributed by atoms with Crippen LogP contribution in [0, 0.1) is 25.5 Å². The van der Waals surface area contributed by atoms with E-state index in [1.807, 2.05) is 0 Å². The molecule has 0 aliphatic rings.